The molecule has 3 rings (SSSR count). The minimum absolute atomic E-state index is 0. The normalized spacial score (nSPS) is 21.9. The Labute approximate surface area is 177 Å². The lowest BCUT2D eigenvalue weighted by Crippen LogP contribution is -2.47. The zero-order chi connectivity index (χ0) is 17.6. The van der Waals surface area contributed by atoms with Crippen LogP contribution in [0, 0.1) is 5.92 Å². The Balaban J connectivity index is 0.00000182. The molecule has 1 aromatic heterocycles. The molecular formula is C18H30Cl2N4O2S. The number of nitrogens with zero attached hydrogens (tertiary/aromatic N) is 2. The maximum absolute atomic E-state index is 12.6. The Kier molecular flexibility index (Phi) is 10.6. The molecule has 3 heterocycles. The van der Waals surface area contributed by atoms with E-state index in [4.69, 9.17) is 0 Å². The number of piperidine rings is 1. The highest BCUT2D eigenvalue weighted by Gasteiger charge is 2.26. The SMILES string of the molecule is CCc1nc(CC(=O)N2CCCC(CNC(=O)C3CCCN3)C2)cs1.Cl.Cl. The molecule has 0 aliphatic carbocycles. The van der Waals surface area contributed by atoms with Crippen LogP contribution in [0.3, 0.4) is 0 Å². The number of halogens is 2. The van der Waals surface area contributed by atoms with Crippen molar-refractivity contribution in [2.45, 2.75) is 51.5 Å². The minimum atomic E-state index is -0.0289. The largest absolute Gasteiger partial charge is 0.354 e. The fourth-order valence-electron chi connectivity index (χ4n) is 3.59. The van der Waals surface area contributed by atoms with Gasteiger partial charge in [0.1, 0.15) is 0 Å². The van der Waals surface area contributed by atoms with E-state index in [1.807, 2.05) is 10.3 Å². The molecule has 2 unspecified atom stereocenters. The van der Waals surface area contributed by atoms with Crippen LogP contribution in [-0.2, 0) is 22.4 Å². The summed E-state index contributed by atoms with van der Waals surface area (Å²) >= 11 is 1.63. The molecule has 2 amide bonds. The van der Waals surface area contributed by atoms with Gasteiger partial charge in [-0.05, 0) is 44.6 Å². The van der Waals surface area contributed by atoms with Crippen LogP contribution in [0.15, 0.2) is 5.38 Å². The Morgan fingerprint density at radius 1 is 1.33 bits per heavy atom. The zero-order valence-corrected chi connectivity index (χ0v) is 18.2. The van der Waals surface area contributed by atoms with Gasteiger partial charge in [0.15, 0.2) is 0 Å². The first-order chi connectivity index (χ1) is 12.2. The number of aryl methyl sites for hydroxylation is 1. The van der Waals surface area contributed by atoms with Crippen LogP contribution in [0.4, 0.5) is 0 Å². The summed E-state index contributed by atoms with van der Waals surface area (Å²) in [5.74, 6) is 0.613. The Hall–Kier alpha value is -0.890. The number of carbonyl (C=O) groups is 2. The third-order valence-corrected chi connectivity index (χ3v) is 6.09. The second kappa shape index (κ2) is 11.8. The van der Waals surface area contributed by atoms with Crippen LogP contribution < -0.4 is 10.6 Å². The fraction of sp³-hybridized carbons (Fsp3) is 0.722. The van der Waals surface area contributed by atoms with Gasteiger partial charge in [0.25, 0.3) is 0 Å². The fourth-order valence-corrected chi connectivity index (χ4v) is 4.34. The van der Waals surface area contributed by atoms with Crippen molar-refractivity contribution in [1.29, 1.82) is 0 Å². The summed E-state index contributed by atoms with van der Waals surface area (Å²) in [6.07, 6.45) is 5.38. The molecule has 0 saturated carbocycles. The average Bonchev–Trinajstić information content (AvgIpc) is 3.31. The predicted molar refractivity (Wildman–Crippen MR) is 113 cm³/mol. The summed E-state index contributed by atoms with van der Waals surface area (Å²) in [7, 11) is 0. The van der Waals surface area contributed by atoms with E-state index in [9.17, 15) is 9.59 Å². The quantitative estimate of drug-likeness (QED) is 0.716. The molecule has 0 spiro atoms. The highest BCUT2D eigenvalue weighted by molar-refractivity contribution is 7.09. The lowest BCUT2D eigenvalue weighted by molar-refractivity contribution is -0.132. The molecule has 0 aromatic carbocycles. The maximum Gasteiger partial charge on any atom is 0.237 e. The first-order valence-corrected chi connectivity index (χ1v) is 10.3. The van der Waals surface area contributed by atoms with E-state index in [1.54, 1.807) is 11.3 Å². The Morgan fingerprint density at radius 2 is 2.15 bits per heavy atom. The predicted octanol–water partition coefficient (Wildman–Crippen LogP) is 2.20. The molecule has 2 fully saturated rings. The summed E-state index contributed by atoms with van der Waals surface area (Å²) in [6.45, 7) is 5.23. The van der Waals surface area contributed by atoms with Gasteiger partial charge >= 0.3 is 0 Å². The van der Waals surface area contributed by atoms with Gasteiger partial charge in [-0.3, -0.25) is 9.59 Å². The molecule has 1 aromatic rings. The summed E-state index contributed by atoms with van der Waals surface area (Å²) < 4.78 is 0. The molecular weight excluding hydrogens is 407 g/mol. The zero-order valence-electron chi connectivity index (χ0n) is 15.7. The molecule has 6 nitrogen and oxygen atoms in total. The number of hydrogen-bond acceptors (Lipinski definition) is 5. The van der Waals surface area contributed by atoms with Gasteiger partial charge in [0.05, 0.1) is 23.2 Å². The molecule has 27 heavy (non-hydrogen) atoms. The molecule has 2 aliphatic rings. The van der Waals surface area contributed by atoms with E-state index in [1.165, 1.54) is 0 Å². The van der Waals surface area contributed by atoms with Crippen LogP contribution in [0.25, 0.3) is 0 Å². The summed E-state index contributed by atoms with van der Waals surface area (Å²) in [6, 6.07) is -0.0289. The van der Waals surface area contributed by atoms with Crippen LogP contribution in [0.1, 0.15) is 43.3 Å². The molecule has 0 radical (unpaired) electrons. The monoisotopic (exact) mass is 436 g/mol. The van der Waals surface area contributed by atoms with E-state index < -0.39 is 0 Å². The van der Waals surface area contributed by atoms with Gasteiger partial charge in [-0.1, -0.05) is 6.92 Å². The van der Waals surface area contributed by atoms with Crippen molar-refractivity contribution >= 4 is 48.0 Å². The third-order valence-electron chi connectivity index (χ3n) is 5.05. The highest BCUT2D eigenvalue weighted by Crippen LogP contribution is 2.18. The van der Waals surface area contributed by atoms with Gasteiger partial charge in [-0.25, -0.2) is 4.98 Å². The van der Waals surface area contributed by atoms with E-state index in [2.05, 4.69) is 22.5 Å². The lowest BCUT2D eigenvalue weighted by atomic mass is 9.97. The van der Waals surface area contributed by atoms with Crippen molar-refractivity contribution < 1.29 is 9.59 Å². The summed E-state index contributed by atoms with van der Waals surface area (Å²) in [4.78, 5) is 31.1. The molecule has 9 heteroatoms. The van der Waals surface area contributed by atoms with Crippen LogP contribution in [-0.4, -0.2) is 53.9 Å². The van der Waals surface area contributed by atoms with Crippen molar-refractivity contribution in [3.8, 4) is 0 Å². The van der Waals surface area contributed by atoms with Crippen molar-refractivity contribution in [3.05, 3.63) is 16.1 Å². The molecule has 2 saturated heterocycles. The molecule has 2 aliphatic heterocycles. The van der Waals surface area contributed by atoms with Gasteiger partial charge in [0.2, 0.25) is 11.8 Å². The summed E-state index contributed by atoms with van der Waals surface area (Å²) in [5, 5.41) is 9.37. The number of hydrogen-bond donors (Lipinski definition) is 2. The topological polar surface area (TPSA) is 74.3 Å². The number of likely N-dealkylation sites (tertiary alicyclic amines) is 1. The van der Waals surface area contributed by atoms with Gasteiger partial charge in [-0.15, -0.1) is 36.2 Å². The average molecular weight is 437 g/mol. The first kappa shape index (κ1) is 24.1. The Bertz CT molecular complexity index is 608. The molecule has 154 valence electrons. The number of aromatic nitrogens is 1. The van der Waals surface area contributed by atoms with E-state index in [0.29, 0.717) is 18.9 Å². The van der Waals surface area contributed by atoms with E-state index >= 15 is 0 Å². The van der Waals surface area contributed by atoms with Crippen molar-refractivity contribution in [2.75, 3.05) is 26.2 Å². The number of amides is 2. The van der Waals surface area contributed by atoms with Crippen molar-refractivity contribution in [3.63, 3.8) is 0 Å². The second-order valence-corrected chi connectivity index (χ2v) is 7.95. The lowest BCUT2D eigenvalue weighted by Gasteiger charge is -2.33. The number of nitrogens with one attached hydrogen (secondary N) is 2. The van der Waals surface area contributed by atoms with Gasteiger partial charge in [0, 0.05) is 25.0 Å². The van der Waals surface area contributed by atoms with Gasteiger partial charge < -0.3 is 15.5 Å². The number of carbonyl (C=O) groups excluding carboxylic acids is 2. The maximum atomic E-state index is 12.6. The van der Waals surface area contributed by atoms with E-state index in [-0.39, 0.29) is 42.7 Å². The van der Waals surface area contributed by atoms with E-state index in [0.717, 1.165) is 62.4 Å². The Morgan fingerprint density at radius 3 is 2.81 bits per heavy atom. The number of thiazole rings is 1. The minimum Gasteiger partial charge on any atom is -0.354 e. The second-order valence-electron chi connectivity index (χ2n) is 7.01. The third kappa shape index (κ3) is 6.89. The van der Waals surface area contributed by atoms with Crippen LogP contribution in [0.5, 0.6) is 0 Å². The van der Waals surface area contributed by atoms with Gasteiger partial charge in [-0.2, -0.15) is 0 Å². The standard InChI is InChI=1S/C18H28N4O2S.2ClH/c1-2-16-21-14(12-25-16)9-17(23)22-8-4-5-13(11-22)10-20-18(24)15-6-3-7-19-15;;/h12-13,15,19H,2-11H2,1H3,(H,20,24);2*1H. The van der Waals surface area contributed by atoms with Crippen LogP contribution >= 0.6 is 36.2 Å². The summed E-state index contributed by atoms with van der Waals surface area (Å²) in [5.41, 5.74) is 0.884. The molecule has 2 N–H and O–H groups in total. The number of rotatable bonds is 6. The van der Waals surface area contributed by atoms with Crippen molar-refractivity contribution in [2.24, 2.45) is 5.92 Å². The molecule has 2 atom stereocenters. The smallest absolute Gasteiger partial charge is 0.237 e. The van der Waals surface area contributed by atoms with Crippen LogP contribution in [0.2, 0.25) is 0 Å². The first-order valence-electron chi connectivity index (χ1n) is 9.38. The van der Waals surface area contributed by atoms with Crippen molar-refractivity contribution in [1.82, 2.24) is 20.5 Å². The molecule has 0 bridgehead atoms. The highest BCUT2D eigenvalue weighted by atomic mass is 35.5.